The minimum Gasteiger partial charge on any atom is -0.468 e. The molecule has 0 aromatic heterocycles. The number of hydrogen-bond acceptors (Lipinski definition) is 8. The predicted octanol–water partition coefficient (Wildman–Crippen LogP) is 18.3. The number of methoxy groups -OCH3 is 1. The summed E-state index contributed by atoms with van der Waals surface area (Å²) in [5, 5.41) is 0. The van der Waals surface area contributed by atoms with Gasteiger partial charge >= 0.3 is 0 Å². The molecule has 0 heterocycles. The van der Waals surface area contributed by atoms with Gasteiger partial charge in [0.2, 0.25) is 0 Å². The van der Waals surface area contributed by atoms with Crippen molar-refractivity contribution in [1.29, 1.82) is 0 Å². The molecule has 2 aliphatic rings. The van der Waals surface area contributed by atoms with Crippen LogP contribution in [-0.4, -0.2) is 52.1 Å². The summed E-state index contributed by atoms with van der Waals surface area (Å²) in [5.41, 5.74) is 5.47. The molecular weight excluding hydrogens is 897 g/mol. The van der Waals surface area contributed by atoms with E-state index in [9.17, 15) is 0 Å². The molecule has 7 atom stereocenters. The molecule has 8 heteroatoms. The Morgan fingerprint density at radius 1 is 0.417 bits per heavy atom. The maximum atomic E-state index is 5.97. The Labute approximate surface area is 439 Å². The topological polar surface area (TPSA) is 73.8 Å². The zero-order valence-electron chi connectivity index (χ0n) is 47.4. The molecule has 0 aliphatic heterocycles. The third-order valence-electron chi connectivity index (χ3n) is 14.4. The van der Waals surface area contributed by atoms with Crippen LogP contribution in [0.4, 0.5) is 0 Å². The second kappa shape index (κ2) is 36.8. The van der Waals surface area contributed by atoms with E-state index in [1.807, 2.05) is 52.0 Å². The van der Waals surface area contributed by atoms with E-state index >= 15 is 0 Å². The Morgan fingerprint density at radius 2 is 0.764 bits per heavy atom. The number of ether oxygens (including phenoxy) is 8. The summed E-state index contributed by atoms with van der Waals surface area (Å²) < 4.78 is 44.6. The van der Waals surface area contributed by atoms with Crippen LogP contribution in [0.5, 0.6) is 23.0 Å². The Morgan fingerprint density at radius 3 is 1.12 bits per heavy atom. The van der Waals surface area contributed by atoms with Gasteiger partial charge < -0.3 is 37.9 Å². The molecule has 0 N–H and O–H groups in total. The van der Waals surface area contributed by atoms with Gasteiger partial charge in [-0.1, -0.05) is 155 Å². The lowest BCUT2D eigenvalue weighted by Gasteiger charge is -2.26. The molecule has 0 radical (unpaired) electrons. The summed E-state index contributed by atoms with van der Waals surface area (Å²) in [6, 6.07) is 33.4. The van der Waals surface area contributed by atoms with Gasteiger partial charge in [0, 0.05) is 13.7 Å². The Bertz CT molecular complexity index is 1890. The molecule has 0 amide bonds. The van der Waals surface area contributed by atoms with E-state index < -0.39 is 0 Å². The average Bonchev–Trinajstić information content (AvgIpc) is 3.41. The second-order valence-corrected chi connectivity index (χ2v) is 20.1. The number of hydrogen-bond donors (Lipinski definition) is 0. The lowest BCUT2D eigenvalue weighted by Crippen LogP contribution is -2.26. The molecule has 2 fully saturated rings. The zero-order valence-corrected chi connectivity index (χ0v) is 47.4. The standard InChI is InChI=1S/C20H32O2.C18H28O2.C14H22O2.C12H18O2/c1-4-16(2)19-10-12-20(13-11-19)22-17(3)21-15-14-18-8-6-5-7-9-18;1-4-14(2)16-10-12-18(13-11-16)20-15(3)19-17-8-6-5-7-9-17;1-5-11(3)13-7-9-14(10-8-13)16-12(4)15-6-2;1-4-10(2)11-5-7-12(8-6-11)14-9-13-3/h10-13,16-18H,4-9,14-15H2,1-3H3;10-15,17H,4-9H2,1-3H3;7-12H,5-6H2,1-4H3;5-8,10H,4,9H2,1-3H3. The fraction of sp³-hybridized carbons (Fsp3) is 0.625. The van der Waals surface area contributed by atoms with Gasteiger partial charge in [0.25, 0.3) is 0 Å². The van der Waals surface area contributed by atoms with Crippen LogP contribution in [0.3, 0.4) is 0 Å². The van der Waals surface area contributed by atoms with Gasteiger partial charge in [0.15, 0.2) is 25.7 Å². The lowest BCUT2D eigenvalue weighted by molar-refractivity contribution is -0.116. The van der Waals surface area contributed by atoms with E-state index in [2.05, 4.69) is 128 Å². The van der Waals surface area contributed by atoms with Gasteiger partial charge in [-0.3, -0.25) is 0 Å². The van der Waals surface area contributed by atoms with Crippen molar-refractivity contribution < 1.29 is 37.9 Å². The SMILES string of the molecule is CCC(C)c1ccc(OC(C)OC2CCCCC2)cc1.CCC(C)c1ccc(OC(C)OCCC2CCCCC2)cc1.CCC(C)c1ccc(OCOC)cc1.CCOC(C)Oc1ccc(C(C)CC)cc1. The third-order valence-corrected chi connectivity index (χ3v) is 14.4. The highest BCUT2D eigenvalue weighted by Crippen LogP contribution is 2.29. The highest BCUT2D eigenvalue weighted by atomic mass is 16.7. The first-order valence-electron chi connectivity index (χ1n) is 28.2. The molecule has 4 aromatic rings. The van der Waals surface area contributed by atoms with E-state index in [-0.39, 0.29) is 18.9 Å². The maximum absolute atomic E-state index is 5.97. The quantitative estimate of drug-likeness (QED) is 0.0608. The predicted molar refractivity (Wildman–Crippen MR) is 300 cm³/mol. The summed E-state index contributed by atoms with van der Waals surface area (Å²) in [4.78, 5) is 0. The highest BCUT2D eigenvalue weighted by Gasteiger charge is 2.18. The van der Waals surface area contributed by atoms with Crippen molar-refractivity contribution in [2.45, 2.75) is 228 Å². The van der Waals surface area contributed by atoms with Crippen molar-refractivity contribution in [3.05, 3.63) is 119 Å². The molecule has 8 nitrogen and oxygen atoms in total. The van der Waals surface area contributed by atoms with Gasteiger partial charge in [0.1, 0.15) is 23.0 Å². The normalized spacial score (nSPS) is 16.8. The Hall–Kier alpha value is -4.08. The summed E-state index contributed by atoms with van der Waals surface area (Å²) in [6.45, 7) is 27.5. The van der Waals surface area contributed by atoms with Crippen molar-refractivity contribution in [2.24, 2.45) is 5.92 Å². The molecule has 0 spiro atoms. The molecule has 404 valence electrons. The van der Waals surface area contributed by atoms with E-state index in [1.165, 1.54) is 106 Å². The van der Waals surface area contributed by atoms with E-state index in [1.54, 1.807) is 7.11 Å². The molecule has 0 bridgehead atoms. The van der Waals surface area contributed by atoms with Crippen molar-refractivity contribution in [1.82, 2.24) is 0 Å². The largest absolute Gasteiger partial charge is 0.468 e. The second-order valence-electron chi connectivity index (χ2n) is 20.1. The van der Waals surface area contributed by atoms with Crippen molar-refractivity contribution in [3.8, 4) is 23.0 Å². The van der Waals surface area contributed by atoms with Crippen molar-refractivity contribution >= 4 is 0 Å². The first-order valence-corrected chi connectivity index (χ1v) is 28.2. The van der Waals surface area contributed by atoms with E-state index in [0.717, 1.165) is 48.4 Å². The zero-order chi connectivity index (χ0) is 52.5. The molecule has 2 saturated carbocycles. The molecule has 2 aliphatic carbocycles. The maximum Gasteiger partial charge on any atom is 0.197 e. The average molecular weight is 997 g/mol. The minimum absolute atomic E-state index is 0.160. The lowest BCUT2D eigenvalue weighted by atomic mass is 9.87. The summed E-state index contributed by atoms with van der Waals surface area (Å²) >= 11 is 0. The van der Waals surface area contributed by atoms with E-state index in [0.29, 0.717) is 43.2 Å². The minimum atomic E-state index is -0.181. The van der Waals surface area contributed by atoms with Crippen LogP contribution in [-0.2, 0) is 18.9 Å². The van der Waals surface area contributed by atoms with Crippen molar-refractivity contribution in [3.63, 3.8) is 0 Å². The number of rotatable bonds is 25. The van der Waals surface area contributed by atoms with Gasteiger partial charge in [-0.2, -0.15) is 0 Å². The van der Waals surface area contributed by atoms with Crippen LogP contribution in [0.1, 0.15) is 225 Å². The van der Waals surface area contributed by atoms with Crippen molar-refractivity contribution in [2.75, 3.05) is 27.1 Å². The number of benzene rings is 4. The van der Waals surface area contributed by atoms with Gasteiger partial charge in [-0.05, 0) is 173 Å². The van der Waals surface area contributed by atoms with Gasteiger partial charge in [-0.25, -0.2) is 0 Å². The van der Waals surface area contributed by atoms with E-state index in [4.69, 9.17) is 37.9 Å². The summed E-state index contributed by atoms with van der Waals surface area (Å²) in [6.07, 6.45) is 19.0. The highest BCUT2D eigenvalue weighted by molar-refractivity contribution is 5.31. The smallest absolute Gasteiger partial charge is 0.197 e. The summed E-state index contributed by atoms with van der Waals surface area (Å²) in [7, 11) is 1.62. The van der Waals surface area contributed by atoms with Crippen LogP contribution in [0.25, 0.3) is 0 Å². The Balaban J connectivity index is 0.000000257. The summed E-state index contributed by atoms with van der Waals surface area (Å²) in [5.74, 6) is 6.85. The van der Waals surface area contributed by atoms with Crippen LogP contribution >= 0.6 is 0 Å². The molecule has 0 saturated heterocycles. The van der Waals surface area contributed by atoms with Gasteiger partial charge in [-0.15, -0.1) is 0 Å². The monoisotopic (exact) mass is 997 g/mol. The van der Waals surface area contributed by atoms with Crippen LogP contribution in [0, 0.1) is 5.92 Å². The molecule has 4 aromatic carbocycles. The fourth-order valence-corrected chi connectivity index (χ4v) is 8.84. The molecular formula is C64H100O8. The first kappa shape index (κ1) is 62.2. The van der Waals surface area contributed by atoms with Crippen LogP contribution < -0.4 is 18.9 Å². The van der Waals surface area contributed by atoms with Crippen LogP contribution in [0.15, 0.2) is 97.1 Å². The molecule has 72 heavy (non-hydrogen) atoms. The molecule has 6 rings (SSSR count). The first-order chi connectivity index (χ1) is 34.8. The third kappa shape index (κ3) is 25.2. The van der Waals surface area contributed by atoms with Crippen LogP contribution in [0.2, 0.25) is 0 Å². The van der Waals surface area contributed by atoms with Gasteiger partial charge in [0.05, 0.1) is 12.7 Å². The molecule has 7 unspecified atom stereocenters. The Kier molecular flexibility index (Phi) is 31.8. The fourth-order valence-electron chi connectivity index (χ4n) is 8.84.